The first-order chi connectivity index (χ1) is 15.5. The molecule has 0 saturated carbocycles. The molecule has 2 aromatic carbocycles. The summed E-state index contributed by atoms with van der Waals surface area (Å²) in [7, 11) is 0. The molecule has 0 radical (unpaired) electrons. The van der Waals surface area contributed by atoms with Gasteiger partial charge in [-0.25, -0.2) is 27.9 Å². The van der Waals surface area contributed by atoms with E-state index in [2.05, 4.69) is 25.9 Å². The Balaban J connectivity index is 1.65. The van der Waals surface area contributed by atoms with Gasteiger partial charge in [-0.15, -0.1) is 0 Å². The smallest absolute Gasteiger partial charge is 0.410 e. The molecule has 1 amide bonds. The van der Waals surface area contributed by atoms with Crippen molar-refractivity contribution >= 4 is 38.7 Å². The second-order valence-corrected chi connectivity index (χ2v) is 9.57. The second kappa shape index (κ2) is 8.81. The van der Waals surface area contributed by atoms with Gasteiger partial charge in [0, 0.05) is 53.2 Å². The molecule has 3 aromatic rings. The Kier molecular flexibility index (Phi) is 6.22. The molecule has 2 heterocycles. The molecular formula is C23H22BrF3N4O2. The molecule has 4 rings (SSSR count). The van der Waals surface area contributed by atoms with E-state index in [1.165, 1.54) is 12.4 Å². The van der Waals surface area contributed by atoms with Crippen molar-refractivity contribution in [3.8, 4) is 11.1 Å². The van der Waals surface area contributed by atoms with Gasteiger partial charge >= 0.3 is 6.09 Å². The summed E-state index contributed by atoms with van der Waals surface area (Å²) in [4.78, 5) is 24.3. The van der Waals surface area contributed by atoms with Crippen LogP contribution < -0.4 is 4.90 Å². The summed E-state index contributed by atoms with van der Waals surface area (Å²) in [6.45, 7) is 7.22. The van der Waals surface area contributed by atoms with Gasteiger partial charge in [0.1, 0.15) is 34.9 Å². The summed E-state index contributed by atoms with van der Waals surface area (Å²) in [5.74, 6) is -1.85. The van der Waals surface area contributed by atoms with Crippen molar-refractivity contribution in [1.82, 2.24) is 14.9 Å². The topological polar surface area (TPSA) is 58.6 Å². The van der Waals surface area contributed by atoms with Crippen molar-refractivity contribution in [3.05, 3.63) is 52.5 Å². The molecule has 1 saturated heterocycles. The number of hydrogen-bond acceptors (Lipinski definition) is 5. The SMILES string of the molecule is CC(C)(C)OC(=O)N1CCN(c2ncnc3c(F)c(-c4ccc(F)cc4F)c(Br)cc23)CC1. The van der Waals surface area contributed by atoms with Crippen LogP contribution in [0.1, 0.15) is 20.8 Å². The third-order valence-electron chi connectivity index (χ3n) is 5.23. The molecule has 1 aliphatic heterocycles. The van der Waals surface area contributed by atoms with Crippen LogP contribution in [-0.2, 0) is 4.74 Å². The zero-order chi connectivity index (χ0) is 23.9. The van der Waals surface area contributed by atoms with E-state index >= 15 is 4.39 Å². The number of fused-ring (bicyclic) bond motifs is 1. The molecule has 1 aliphatic rings. The number of rotatable bonds is 2. The molecule has 0 atom stereocenters. The third kappa shape index (κ3) is 4.75. The zero-order valence-electron chi connectivity index (χ0n) is 18.3. The van der Waals surface area contributed by atoms with Crippen LogP contribution in [0.15, 0.2) is 35.1 Å². The van der Waals surface area contributed by atoms with Gasteiger partial charge in [-0.2, -0.15) is 0 Å². The lowest BCUT2D eigenvalue weighted by molar-refractivity contribution is 0.0240. The standard InChI is InChI=1S/C23H22BrF3N4O2/c1-23(2,3)33-22(32)31-8-6-30(7-9-31)21-15-11-16(24)18(19(27)20(15)28-12-29-21)14-5-4-13(25)10-17(14)26/h4-5,10-12H,6-9H2,1-3H3. The average Bonchev–Trinajstić information content (AvgIpc) is 2.74. The number of halogens is 4. The van der Waals surface area contributed by atoms with Crippen LogP contribution in [0.5, 0.6) is 0 Å². The van der Waals surface area contributed by atoms with Gasteiger partial charge in [-0.05, 0) is 39.0 Å². The predicted octanol–water partition coefficient (Wildman–Crippen LogP) is 5.53. The molecule has 1 aromatic heterocycles. The number of piperazine rings is 1. The zero-order valence-corrected chi connectivity index (χ0v) is 19.9. The molecule has 33 heavy (non-hydrogen) atoms. The van der Waals surface area contributed by atoms with Crippen LogP contribution in [0.4, 0.5) is 23.8 Å². The van der Waals surface area contributed by atoms with E-state index in [0.29, 0.717) is 47.9 Å². The number of benzene rings is 2. The molecular weight excluding hydrogens is 501 g/mol. The van der Waals surface area contributed by atoms with Crippen molar-refractivity contribution in [2.45, 2.75) is 26.4 Å². The van der Waals surface area contributed by atoms with Crippen LogP contribution in [0, 0.1) is 17.5 Å². The van der Waals surface area contributed by atoms with Gasteiger partial charge < -0.3 is 14.5 Å². The molecule has 0 spiro atoms. The summed E-state index contributed by atoms with van der Waals surface area (Å²) < 4.78 is 48.9. The fraction of sp³-hybridized carbons (Fsp3) is 0.348. The van der Waals surface area contributed by atoms with E-state index in [1.807, 2.05) is 25.7 Å². The Bertz CT molecular complexity index is 1220. The highest BCUT2D eigenvalue weighted by Crippen LogP contribution is 2.39. The molecule has 10 heteroatoms. The summed E-state index contributed by atoms with van der Waals surface area (Å²) in [6, 6.07) is 4.61. The lowest BCUT2D eigenvalue weighted by atomic mass is 10.0. The Morgan fingerprint density at radius 1 is 1.06 bits per heavy atom. The summed E-state index contributed by atoms with van der Waals surface area (Å²) >= 11 is 3.33. The molecule has 0 N–H and O–H groups in total. The number of amides is 1. The van der Waals surface area contributed by atoms with Gasteiger partial charge in [-0.1, -0.05) is 15.9 Å². The van der Waals surface area contributed by atoms with Crippen LogP contribution >= 0.6 is 15.9 Å². The lowest BCUT2D eigenvalue weighted by Gasteiger charge is -2.36. The number of nitrogens with zero attached hydrogens (tertiary/aromatic N) is 4. The van der Waals surface area contributed by atoms with Crippen molar-refractivity contribution in [2.24, 2.45) is 0 Å². The van der Waals surface area contributed by atoms with E-state index in [1.54, 1.807) is 11.0 Å². The Morgan fingerprint density at radius 2 is 1.76 bits per heavy atom. The number of anilines is 1. The van der Waals surface area contributed by atoms with Gasteiger partial charge in [0.25, 0.3) is 0 Å². The van der Waals surface area contributed by atoms with Crippen molar-refractivity contribution in [2.75, 3.05) is 31.1 Å². The number of hydrogen-bond donors (Lipinski definition) is 0. The summed E-state index contributed by atoms with van der Waals surface area (Å²) in [6.07, 6.45) is 0.870. The Morgan fingerprint density at radius 3 is 2.39 bits per heavy atom. The largest absolute Gasteiger partial charge is 0.444 e. The van der Waals surface area contributed by atoms with Crippen molar-refractivity contribution in [1.29, 1.82) is 0 Å². The van der Waals surface area contributed by atoms with E-state index in [4.69, 9.17) is 4.74 Å². The quantitative estimate of drug-likeness (QED) is 0.442. The van der Waals surface area contributed by atoms with Crippen LogP contribution in [0.25, 0.3) is 22.0 Å². The van der Waals surface area contributed by atoms with Crippen LogP contribution in [-0.4, -0.2) is 52.7 Å². The minimum Gasteiger partial charge on any atom is -0.444 e. The van der Waals surface area contributed by atoms with E-state index in [9.17, 15) is 13.6 Å². The Hall–Kier alpha value is -2.88. The fourth-order valence-corrected chi connectivity index (χ4v) is 4.35. The molecule has 0 unspecified atom stereocenters. The Labute approximate surface area is 197 Å². The fourth-order valence-electron chi connectivity index (χ4n) is 3.73. The van der Waals surface area contributed by atoms with Crippen LogP contribution in [0.2, 0.25) is 0 Å². The van der Waals surface area contributed by atoms with Gasteiger partial charge in [0.15, 0.2) is 5.82 Å². The summed E-state index contributed by atoms with van der Waals surface area (Å²) in [5.41, 5.74) is -0.674. The summed E-state index contributed by atoms with van der Waals surface area (Å²) in [5, 5.41) is 0.443. The molecule has 6 nitrogen and oxygen atoms in total. The first kappa shape index (κ1) is 23.3. The van der Waals surface area contributed by atoms with Crippen LogP contribution in [0.3, 0.4) is 0 Å². The number of carbonyl (C=O) groups excluding carboxylic acids is 1. The molecule has 174 valence electrons. The van der Waals surface area contributed by atoms with Crippen molar-refractivity contribution < 1.29 is 22.7 Å². The molecule has 0 aliphatic carbocycles. The second-order valence-electron chi connectivity index (χ2n) is 8.72. The highest BCUT2D eigenvalue weighted by Gasteiger charge is 2.28. The third-order valence-corrected chi connectivity index (χ3v) is 5.86. The first-order valence-corrected chi connectivity index (χ1v) is 11.2. The highest BCUT2D eigenvalue weighted by atomic mass is 79.9. The normalized spacial score (nSPS) is 14.6. The number of aromatic nitrogens is 2. The average molecular weight is 523 g/mol. The lowest BCUT2D eigenvalue weighted by Crippen LogP contribution is -2.50. The molecule has 1 fully saturated rings. The van der Waals surface area contributed by atoms with Gasteiger partial charge in [0.05, 0.1) is 0 Å². The van der Waals surface area contributed by atoms with E-state index in [0.717, 1.165) is 6.07 Å². The minimum absolute atomic E-state index is 0.0245. The van der Waals surface area contributed by atoms with E-state index in [-0.39, 0.29) is 22.7 Å². The number of carbonyl (C=O) groups is 1. The first-order valence-electron chi connectivity index (χ1n) is 10.4. The predicted molar refractivity (Wildman–Crippen MR) is 123 cm³/mol. The monoisotopic (exact) mass is 522 g/mol. The number of ether oxygens (including phenoxy) is 1. The van der Waals surface area contributed by atoms with E-state index < -0.39 is 23.1 Å². The maximum Gasteiger partial charge on any atom is 0.410 e. The van der Waals surface area contributed by atoms with Crippen molar-refractivity contribution in [3.63, 3.8) is 0 Å². The van der Waals surface area contributed by atoms with Gasteiger partial charge in [0.2, 0.25) is 0 Å². The highest BCUT2D eigenvalue weighted by molar-refractivity contribution is 9.10. The maximum absolute atomic E-state index is 15.5. The molecule has 0 bridgehead atoms. The minimum atomic E-state index is -0.874. The van der Waals surface area contributed by atoms with Gasteiger partial charge in [-0.3, -0.25) is 0 Å². The maximum atomic E-state index is 15.5.